The van der Waals surface area contributed by atoms with E-state index in [0.29, 0.717) is 49.6 Å². The molecule has 5 nitrogen and oxygen atoms in total. The molecule has 6 aromatic rings. The van der Waals surface area contributed by atoms with Gasteiger partial charge in [-0.3, -0.25) is 4.99 Å². The largest absolute Gasteiger partial charge is 0.436 e. The van der Waals surface area contributed by atoms with E-state index in [4.69, 9.17) is 32.4 Å². The van der Waals surface area contributed by atoms with Crippen molar-refractivity contribution >= 4 is 62.9 Å². The maximum absolute atomic E-state index is 12.8. The third kappa shape index (κ3) is 4.90. The number of halogens is 2. The molecule has 7 heteroatoms. The van der Waals surface area contributed by atoms with Gasteiger partial charge in [-0.05, 0) is 83.1 Å². The number of benzene rings is 5. The van der Waals surface area contributed by atoms with Gasteiger partial charge in [0, 0.05) is 11.2 Å². The molecule has 0 aliphatic carbocycles. The van der Waals surface area contributed by atoms with Gasteiger partial charge in [0.1, 0.15) is 11.3 Å². The lowest BCUT2D eigenvalue weighted by atomic mass is 10.0. The van der Waals surface area contributed by atoms with Crippen LogP contribution in [0.4, 0.5) is 5.69 Å². The van der Waals surface area contributed by atoms with Crippen LogP contribution in [0, 0.1) is 0 Å². The zero-order chi connectivity index (χ0) is 26.1. The SMILES string of the molecule is O=C(Oc1ccc(C=Nc2ccc3oc(-c4ccc(Cl)cc4Cl)nc3c2)cc1)c1cccc2ccccc12. The van der Waals surface area contributed by atoms with Crippen LogP contribution >= 0.6 is 23.2 Å². The summed E-state index contributed by atoms with van der Waals surface area (Å²) < 4.78 is 11.5. The Morgan fingerprint density at radius 1 is 0.868 bits per heavy atom. The molecular formula is C31H18Cl2N2O3. The molecule has 1 aromatic heterocycles. The van der Waals surface area contributed by atoms with E-state index in [1.54, 1.807) is 42.6 Å². The normalized spacial score (nSPS) is 11.4. The zero-order valence-corrected chi connectivity index (χ0v) is 21.3. The fraction of sp³-hybridized carbons (Fsp3) is 0. The van der Waals surface area contributed by atoms with Crippen molar-refractivity contribution in [1.29, 1.82) is 0 Å². The van der Waals surface area contributed by atoms with E-state index in [9.17, 15) is 4.79 Å². The third-order valence-corrected chi connectivity index (χ3v) is 6.54. The minimum absolute atomic E-state index is 0.400. The molecule has 0 saturated heterocycles. The Labute approximate surface area is 227 Å². The second-order valence-electron chi connectivity index (χ2n) is 8.54. The van der Waals surface area contributed by atoms with Crippen LogP contribution in [-0.2, 0) is 0 Å². The lowest BCUT2D eigenvalue weighted by Gasteiger charge is -2.07. The topological polar surface area (TPSA) is 64.7 Å². The van der Waals surface area contributed by atoms with Gasteiger partial charge in [-0.2, -0.15) is 0 Å². The van der Waals surface area contributed by atoms with E-state index in [1.165, 1.54) is 0 Å². The molecule has 5 aromatic carbocycles. The summed E-state index contributed by atoms with van der Waals surface area (Å²) >= 11 is 12.3. The summed E-state index contributed by atoms with van der Waals surface area (Å²) in [7, 11) is 0. The molecule has 0 N–H and O–H groups in total. The monoisotopic (exact) mass is 536 g/mol. The number of oxazole rings is 1. The maximum Gasteiger partial charge on any atom is 0.344 e. The molecule has 0 aliphatic heterocycles. The number of aromatic nitrogens is 1. The average Bonchev–Trinajstić information content (AvgIpc) is 3.35. The summed E-state index contributed by atoms with van der Waals surface area (Å²) in [6.45, 7) is 0. The molecular weight excluding hydrogens is 519 g/mol. The van der Waals surface area contributed by atoms with Gasteiger partial charge in [0.2, 0.25) is 5.89 Å². The summed E-state index contributed by atoms with van der Waals surface area (Å²) in [5, 5.41) is 2.86. The van der Waals surface area contributed by atoms with Gasteiger partial charge in [-0.1, -0.05) is 59.6 Å². The van der Waals surface area contributed by atoms with Crippen LogP contribution in [0.15, 0.2) is 113 Å². The Hall–Kier alpha value is -4.45. The molecule has 6 rings (SSSR count). The van der Waals surface area contributed by atoms with E-state index in [0.717, 1.165) is 16.3 Å². The van der Waals surface area contributed by atoms with Crippen LogP contribution < -0.4 is 4.74 Å². The Morgan fingerprint density at radius 2 is 1.68 bits per heavy atom. The fourth-order valence-corrected chi connectivity index (χ4v) is 4.60. The number of carbonyl (C=O) groups is 1. The molecule has 0 radical (unpaired) electrons. The minimum atomic E-state index is -0.400. The first-order chi connectivity index (χ1) is 18.5. The fourth-order valence-electron chi connectivity index (χ4n) is 4.11. The number of hydrogen-bond acceptors (Lipinski definition) is 5. The first-order valence-corrected chi connectivity index (χ1v) is 12.5. The first-order valence-electron chi connectivity index (χ1n) is 11.7. The number of carbonyl (C=O) groups excluding carboxylic acids is 1. The average molecular weight is 537 g/mol. The lowest BCUT2D eigenvalue weighted by molar-refractivity contribution is 0.0737. The highest BCUT2D eigenvalue weighted by Gasteiger charge is 2.13. The van der Waals surface area contributed by atoms with Crippen LogP contribution in [-0.4, -0.2) is 17.2 Å². The molecule has 0 atom stereocenters. The van der Waals surface area contributed by atoms with E-state index in [1.807, 2.05) is 66.7 Å². The molecule has 38 heavy (non-hydrogen) atoms. The molecule has 0 unspecified atom stereocenters. The highest BCUT2D eigenvalue weighted by molar-refractivity contribution is 6.36. The Bertz CT molecular complexity index is 1840. The minimum Gasteiger partial charge on any atom is -0.436 e. The predicted molar refractivity (Wildman–Crippen MR) is 152 cm³/mol. The van der Waals surface area contributed by atoms with Crippen molar-refractivity contribution in [3.8, 4) is 17.2 Å². The van der Waals surface area contributed by atoms with Crippen molar-refractivity contribution in [1.82, 2.24) is 4.98 Å². The highest BCUT2D eigenvalue weighted by atomic mass is 35.5. The van der Waals surface area contributed by atoms with Gasteiger partial charge in [-0.15, -0.1) is 0 Å². The molecule has 184 valence electrons. The zero-order valence-electron chi connectivity index (χ0n) is 19.8. The predicted octanol–water partition coefficient (Wildman–Crippen LogP) is 8.92. The summed E-state index contributed by atoms with van der Waals surface area (Å²) in [6, 6.07) is 31.1. The molecule has 1 heterocycles. The molecule has 0 bridgehead atoms. The summed E-state index contributed by atoms with van der Waals surface area (Å²) in [5.74, 6) is 0.470. The molecule has 0 aliphatic rings. The van der Waals surface area contributed by atoms with Gasteiger partial charge >= 0.3 is 5.97 Å². The summed E-state index contributed by atoms with van der Waals surface area (Å²) in [5.41, 5.74) is 4.05. The van der Waals surface area contributed by atoms with Crippen LogP contribution in [0.3, 0.4) is 0 Å². The van der Waals surface area contributed by atoms with E-state index < -0.39 is 5.97 Å². The lowest BCUT2D eigenvalue weighted by Crippen LogP contribution is -2.09. The standard InChI is InChI=1S/C31H18Cl2N2O3/c32-21-10-14-26(27(33)16-21)30-35-28-17-22(11-15-29(28)38-30)34-18-19-8-12-23(13-9-19)37-31(36)25-7-3-5-20-4-1-2-6-24(20)25/h1-18H. The smallest absolute Gasteiger partial charge is 0.344 e. The summed E-state index contributed by atoms with van der Waals surface area (Å²) in [6.07, 6.45) is 1.73. The second-order valence-corrected chi connectivity index (χ2v) is 9.38. The van der Waals surface area contributed by atoms with E-state index in [2.05, 4.69) is 9.98 Å². The van der Waals surface area contributed by atoms with Crippen molar-refractivity contribution in [2.45, 2.75) is 0 Å². The van der Waals surface area contributed by atoms with Crippen LogP contribution in [0.25, 0.3) is 33.3 Å². The van der Waals surface area contributed by atoms with Gasteiger partial charge in [0.25, 0.3) is 0 Å². The van der Waals surface area contributed by atoms with E-state index in [-0.39, 0.29) is 0 Å². The Kier molecular flexibility index (Phi) is 6.38. The molecule has 0 saturated carbocycles. The van der Waals surface area contributed by atoms with Gasteiger partial charge in [0.05, 0.1) is 21.8 Å². The molecule has 0 amide bonds. The molecule has 0 fully saturated rings. The van der Waals surface area contributed by atoms with E-state index >= 15 is 0 Å². The number of nitrogens with zero attached hydrogens (tertiary/aromatic N) is 2. The Balaban J connectivity index is 1.17. The van der Waals surface area contributed by atoms with Gasteiger partial charge < -0.3 is 9.15 Å². The quantitative estimate of drug-likeness (QED) is 0.125. The maximum atomic E-state index is 12.8. The van der Waals surface area contributed by atoms with Crippen molar-refractivity contribution in [3.05, 3.63) is 124 Å². The summed E-state index contributed by atoms with van der Waals surface area (Å²) in [4.78, 5) is 21.9. The molecule has 0 spiro atoms. The highest BCUT2D eigenvalue weighted by Crippen LogP contribution is 2.33. The third-order valence-electron chi connectivity index (χ3n) is 6.00. The number of rotatable bonds is 5. The second kappa shape index (κ2) is 10.1. The number of hydrogen-bond donors (Lipinski definition) is 0. The van der Waals surface area contributed by atoms with Gasteiger partial charge in [0.15, 0.2) is 5.58 Å². The Morgan fingerprint density at radius 3 is 2.53 bits per heavy atom. The van der Waals surface area contributed by atoms with Crippen LogP contribution in [0.5, 0.6) is 5.75 Å². The van der Waals surface area contributed by atoms with Crippen LogP contribution in [0.2, 0.25) is 10.0 Å². The number of ether oxygens (including phenoxy) is 1. The number of fused-ring (bicyclic) bond motifs is 2. The van der Waals surface area contributed by atoms with Crippen molar-refractivity contribution in [2.75, 3.05) is 0 Å². The first kappa shape index (κ1) is 23.9. The number of esters is 1. The van der Waals surface area contributed by atoms with Crippen molar-refractivity contribution in [2.24, 2.45) is 4.99 Å². The van der Waals surface area contributed by atoms with Crippen molar-refractivity contribution < 1.29 is 13.9 Å². The van der Waals surface area contributed by atoms with Crippen LogP contribution in [0.1, 0.15) is 15.9 Å². The van der Waals surface area contributed by atoms with Gasteiger partial charge in [-0.25, -0.2) is 9.78 Å². The van der Waals surface area contributed by atoms with Crippen molar-refractivity contribution in [3.63, 3.8) is 0 Å². The number of aliphatic imine (C=N–C) groups is 1.